The normalized spacial score (nSPS) is 18.5. The lowest BCUT2D eigenvalue weighted by Gasteiger charge is -2.30. The van der Waals surface area contributed by atoms with Crippen molar-refractivity contribution in [3.05, 3.63) is 115 Å². The van der Waals surface area contributed by atoms with Crippen molar-refractivity contribution in [3.63, 3.8) is 0 Å². The summed E-state index contributed by atoms with van der Waals surface area (Å²) in [4.78, 5) is 0. The molecule has 0 spiro atoms. The molecule has 2 nitrogen and oxygen atoms in total. The smallest absolute Gasteiger partial charge is 0.0606 e. The van der Waals surface area contributed by atoms with E-state index in [9.17, 15) is 0 Å². The van der Waals surface area contributed by atoms with Gasteiger partial charge >= 0.3 is 0 Å². The molecule has 0 bridgehead atoms. The van der Waals surface area contributed by atoms with Gasteiger partial charge in [0.05, 0.1) is 17.1 Å². The fourth-order valence-electron chi connectivity index (χ4n) is 5.82. The zero-order valence-electron chi connectivity index (χ0n) is 18.5. The van der Waals surface area contributed by atoms with Crippen molar-refractivity contribution in [2.75, 3.05) is 0 Å². The second-order valence-electron chi connectivity index (χ2n) is 9.03. The molecule has 7 rings (SSSR count). The zero-order valence-corrected chi connectivity index (χ0v) is 18.5. The molecule has 33 heavy (non-hydrogen) atoms. The molecule has 1 aliphatic carbocycles. The summed E-state index contributed by atoms with van der Waals surface area (Å²) in [5.74, 6) is 0.299. The van der Waals surface area contributed by atoms with Gasteiger partial charge in [0.1, 0.15) is 0 Å². The van der Waals surface area contributed by atoms with Gasteiger partial charge in [0.2, 0.25) is 0 Å². The van der Waals surface area contributed by atoms with Crippen LogP contribution in [0, 0.1) is 5.92 Å². The molecule has 2 heterocycles. The lowest BCUT2D eigenvalue weighted by Crippen LogP contribution is -2.21. The van der Waals surface area contributed by atoms with E-state index in [4.69, 9.17) is 0 Å². The second kappa shape index (κ2) is 6.98. The van der Waals surface area contributed by atoms with Crippen LogP contribution < -0.4 is 0 Å². The average Bonchev–Trinajstić information content (AvgIpc) is 3.38. The van der Waals surface area contributed by atoms with Crippen molar-refractivity contribution in [1.82, 2.24) is 9.13 Å². The van der Waals surface area contributed by atoms with E-state index in [0.29, 0.717) is 5.92 Å². The van der Waals surface area contributed by atoms with Crippen LogP contribution in [0.25, 0.3) is 49.3 Å². The molecule has 0 fully saturated rings. The van der Waals surface area contributed by atoms with Crippen molar-refractivity contribution >= 4 is 49.3 Å². The molecule has 2 heteroatoms. The summed E-state index contributed by atoms with van der Waals surface area (Å²) in [5, 5.41) is 5.26. The van der Waals surface area contributed by atoms with Crippen molar-refractivity contribution in [1.29, 1.82) is 0 Å². The maximum Gasteiger partial charge on any atom is 0.0606 e. The number of rotatable bonds is 2. The molecule has 4 aromatic carbocycles. The topological polar surface area (TPSA) is 9.86 Å². The van der Waals surface area contributed by atoms with Gasteiger partial charge in [-0.2, -0.15) is 0 Å². The van der Waals surface area contributed by atoms with Crippen LogP contribution in [0.4, 0.5) is 0 Å². The Morgan fingerprint density at radius 2 is 0.970 bits per heavy atom. The quantitative estimate of drug-likeness (QED) is 0.265. The van der Waals surface area contributed by atoms with Crippen LogP contribution in [-0.2, 0) is 0 Å². The van der Waals surface area contributed by atoms with Crippen LogP contribution in [-0.4, -0.2) is 9.13 Å². The molecule has 0 saturated carbocycles. The third kappa shape index (κ3) is 2.55. The Morgan fingerprint density at radius 3 is 1.48 bits per heavy atom. The summed E-state index contributed by atoms with van der Waals surface area (Å²) in [5.41, 5.74) is 6.47. The fraction of sp³-hybridized carbons (Fsp3) is 0.0968. The highest BCUT2D eigenvalue weighted by atomic mass is 15.1. The van der Waals surface area contributed by atoms with Gasteiger partial charge in [0.15, 0.2) is 0 Å². The Kier molecular flexibility index (Phi) is 3.92. The van der Waals surface area contributed by atoms with E-state index in [0.717, 1.165) is 0 Å². The SMILES string of the molecule is CC1C(n2c3ccccc3c3ccccc32)=CC=CC1n1c2ccccc2c2ccccc21. The van der Waals surface area contributed by atoms with Gasteiger partial charge in [-0.05, 0) is 30.3 Å². The highest BCUT2D eigenvalue weighted by Gasteiger charge is 2.28. The minimum absolute atomic E-state index is 0.231. The third-order valence-electron chi connectivity index (χ3n) is 7.31. The van der Waals surface area contributed by atoms with Gasteiger partial charge in [-0.15, -0.1) is 0 Å². The standard InChI is InChI=1S/C31H24N2/c1-21-26(32-28-15-6-2-11-22(28)23-12-3-7-16-29(23)32)19-10-20-27(21)33-30-17-8-4-13-24(30)25-14-5-9-18-31(25)33/h2-21,26H,1H3. The van der Waals surface area contributed by atoms with Gasteiger partial charge in [-0.1, -0.05) is 91.9 Å². The Morgan fingerprint density at radius 1 is 0.545 bits per heavy atom. The van der Waals surface area contributed by atoms with Gasteiger partial charge in [-0.25, -0.2) is 0 Å². The molecule has 0 saturated heterocycles. The average molecular weight is 425 g/mol. The van der Waals surface area contributed by atoms with Crippen LogP contribution in [0.15, 0.2) is 115 Å². The van der Waals surface area contributed by atoms with Crippen molar-refractivity contribution in [3.8, 4) is 0 Å². The molecule has 0 amide bonds. The number of aromatic nitrogens is 2. The van der Waals surface area contributed by atoms with E-state index in [-0.39, 0.29) is 6.04 Å². The number of nitrogens with zero attached hydrogens (tertiary/aromatic N) is 2. The summed E-state index contributed by atoms with van der Waals surface area (Å²) in [6, 6.07) is 35.4. The summed E-state index contributed by atoms with van der Waals surface area (Å²) in [6.07, 6.45) is 6.90. The predicted octanol–water partition coefficient (Wildman–Crippen LogP) is 8.19. The summed E-state index contributed by atoms with van der Waals surface area (Å²) >= 11 is 0. The lowest BCUT2D eigenvalue weighted by atomic mass is 9.92. The van der Waals surface area contributed by atoms with Gasteiger partial charge < -0.3 is 9.13 Å². The minimum atomic E-state index is 0.231. The van der Waals surface area contributed by atoms with E-state index in [1.54, 1.807) is 0 Å². The van der Waals surface area contributed by atoms with Gasteiger partial charge in [0.25, 0.3) is 0 Å². The summed E-state index contributed by atoms with van der Waals surface area (Å²) in [6.45, 7) is 2.37. The van der Waals surface area contributed by atoms with Crippen molar-refractivity contribution < 1.29 is 0 Å². The largest absolute Gasteiger partial charge is 0.333 e. The number of para-hydroxylation sites is 4. The molecular formula is C31H24N2. The Hall–Kier alpha value is -4.04. The van der Waals surface area contributed by atoms with Crippen LogP contribution in [0.3, 0.4) is 0 Å². The van der Waals surface area contributed by atoms with E-state index in [1.807, 2.05) is 0 Å². The van der Waals surface area contributed by atoms with Gasteiger partial charge in [0, 0.05) is 44.2 Å². The first kappa shape index (κ1) is 18.5. The van der Waals surface area contributed by atoms with Crippen LogP contribution in [0.5, 0.6) is 0 Å². The highest BCUT2D eigenvalue weighted by molar-refractivity contribution is 6.10. The molecule has 0 aliphatic heterocycles. The summed E-state index contributed by atoms with van der Waals surface area (Å²) < 4.78 is 5.01. The molecule has 0 radical (unpaired) electrons. The molecule has 6 aromatic rings. The van der Waals surface area contributed by atoms with E-state index < -0.39 is 0 Å². The monoisotopic (exact) mass is 424 g/mol. The van der Waals surface area contributed by atoms with Crippen molar-refractivity contribution in [2.45, 2.75) is 13.0 Å². The first-order chi connectivity index (χ1) is 16.3. The first-order valence-corrected chi connectivity index (χ1v) is 11.7. The molecular weight excluding hydrogens is 400 g/mol. The van der Waals surface area contributed by atoms with Crippen molar-refractivity contribution in [2.24, 2.45) is 5.92 Å². The van der Waals surface area contributed by atoms with Crippen LogP contribution in [0.2, 0.25) is 0 Å². The Balaban J connectivity index is 1.47. The van der Waals surface area contributed by atoms with E-state index >= 15 is 0 Å². The molecule has 2 unspecified atom stereocenters. The lowest BCUT2D eigenvalue weighted by molar-refractivity contribution is 0.511. The highest BCUT2D eigenvalue weighted by Crippen LogP contribution is 2.42. The Labute approximate surface area is 192 Å². The number of allylic oxidation sites excluding steroid dienone is 4. The Bertz CT molecular complexity index is 1630. The van der Waals surface area contributed by atoms with E-state index in [2.05, 4.69) is 131 Å². The van der Waals surface area contributed by atoms with Crippen LogP contribution >= 0.6 is 0 Å². The number of hydrogen-bond acceptors (Lipinski definition) is 0. The van der Waals surface area contributed by atoms with E-state index in [1.165, 1.54) is 49.3 Å². The second-order valence-corrected chi connectivity index (χ2v) is 9.03. The summed E-state index contributed by atoms with van der Waals surface area (Å²) in [7, 11) is 0. The maximum absolute atomic E-state index is 2.53. The molecule has 2 aromatic heterocycles. The first-order valence-electron chi connectivity index (χ1n) is 11.7. The third-order valence-corrected chi connectivity index (χ3v) is 7.31. The fourth-order valence-corrected chi connectivity index (χ4v) is 5.82. The molecule has 2 atom stereocenters. The molecule has 1 aliphatic rings. The molecule has 0 N–H and O–H groups in total. The zero-order chi connectivity index (χ0) is 21.9. The number of fused-ring (bicyclic) bond motifs is 6. The minimum Gasteiger partial charge on any atom is -0.333 e. The van der Waals surface area contributed by atoms with Crippen LogP contribution in [0.1, 0.15) is 13.0 Å². The predicted molar refractivity (Wildman–Crippen MR) is 141 cm³/mol. The molecule has 158 valence electrons. The van der Waals surface area contributed by atoms with Gasteiger partial charge in [-0.3, -0.25) is 0 Å². The maximum atomic E-state index is 2.53. The number of benzene rings is 4. The number of hydrogen-bond donors (Lipinski definition) is 0.